The van der Waals surface area contributed by atoms with E-state index < -0.39 is 0 Å². The van der Waals surface area contributed by atoms with Crippen molar-refractivity contribution < 1.29 is 0 Å². The highest BCUT2D eigenvalue weighted by Crippen LogP contribution is 2.42. The van der Waals surface area contributed by atoms with E-state index in [1.807, 2.05) is 0 Å². The van der Waals surface area contributed by atoms with Crippen LogP contribution in [0.3, 0.4) is 0 Å². The smallest absolute Gasteiger partial charge is 0.0693 e. The van der Waals surface area contributed by atoms with E-state index in [0.29, 0.717) is 0 Å². The van der Waals surface area contributed by atoms with Gasteiger partial charge in [0.05, 0.1) is 11.5 Å². The molecule has 0 amide bonds. The van der Waals surface area contributed by atoms with Crippen LogP contribution >= 0.6 is 0 Å². The molecule has 2 rings (SSSR count). The number of benzene rings is 1. The van der Waals surface area contributed by atoms with Crippen molar-refractivity contribution in [2.75, 3.05) is 0 Å². The minimum Gasteiger partial charge on any atom is -0.198 e. The van der Waals surface area contributed by atoms with Crippen LogP contribution in [0.4, 0.5) is 0 Å². The Balaban J connectivity index is 2.00. The molecule has 1 aliphatic rings. The first-order valence-electron chi connectivity index (χ1n) is 8.20. The first kappa shape index (κ1) is 15.1. The maximum atomic E-state index is 9.67. The van der Waals surface area contributed by atoms with Crippen molar-refractivity contribution in [3.63, 3.8) is 0 Å². The molecule has 1 nitrogen and oxygen atoms in total. The van der Waals surface area contributed by atoms with Crippen molar-refractivity contribution >= 4 is 0 Å². The van der Waals surface area contributed by atoms with E-state index in [-0.39, 0.29) is 5.41 Å². The summed E-state index contributed by atoms with van der Waals surface area (Å²) in [5, 5.41) is 9.67. The van der Waals surface area contributed by atoms with Crippen LogP contribution in [0.2, 0.25) is 0 Å². The summed E-state index contributed by atoms with van der Waals surface area (Å²) in [6.07, 6.45) is 9.31. The molecule has 1 aromatic carbocycles. The third-order valence-corrected chi connectivity index (χ3v) is 4.97. The summed E-state index contributed by atoms with van der Waals surface area (Å²) < 4.78 is 0. The Bertz CT molecular complexity index is 444. The lowest BCUT2D eigenvalue weighted by molar-refractivity contribution is 0.201. The molecule has 0 radical (unpaired) electrons. The minimum absolute atomic E-state index is 0.0992. The Hall–Kier alpha value is -1.29. The molecule has 0 N–H and O–H groups in total. The maximum absolute atomic E-state index is 9.67. The van der Waals surface area contributed by atoms with Gasteiger partial charge in [0.25, 0.3) is 0 Å². The van der Waals surface area contributed by atoms with Gasteiger partial charge in [-0.25, -0.2) is 0 Å². The quantitative estimate of drug-likeness (QED) is 0.712. The monoisotopic (exact) mass is 269 g/mol. The lowest BCUT2D eigenvalue weighted by atomic mass is 9.67. The number of hydrogen-bond acceptors (Lipinski definition) is 1. The van der Waals surface area contributed by atoms with Gasteiger partial charge in [-0.05, 0) is 55.6 Å². The van der Waals surface area contributed by atoms with Crippen LogP contribution in [-0.2, 0) is 12.8 Å². The van der Waals surface area contributed by atoms with Gasteiger partial charge in [-0.2, -0.15) is 5.26 Å². The second-order valence-electron chi connectivity index (χ2n) is 6.47. The van der Waals surface area contributed by atoms with E-state index in [1.54, 1.807) is 0 Å². The van der Waals surface area contributed by atoms with Gasteiger partial charge in [-0.1, -0.05) is 51.0 Å². The molecule has 1 heteroatoms. The van der Waals surface area contributed by atoms with Crippen molar-refractivity contribution in [2.24, 2.45) is 11.3 Å². The molecule has 0 aromatic heterocycles. The summed E-state index contributed by atoms with van der Waals surface area (Å²) in [6, 6.07) is 11.5. The molecular formula is C19H27N. The number of rotatable bonds is 5. The molecule has 1 aliphatic carbocycles. The summed E-state index contributed by atoms with van der Waals surface area (Å²) in [6.45, 7) is 4.45. The third kappa shape index (κ3) is 3.63. The van der Waals surface area contributed by atoms with Gasteiger partial charge in [0, 0.05) is 0 Å². The zero-order valence-electron chi connectivity index (χ0n) is 13.0. The minimum atomic E-state index is -0.0992. The lowest BCUT2D eigenvalue weighted by Crippen LogP contribution is -2.28. The van der Waals surface area contributed by atoms with Crippen LogP contribution in [-0.4, -0.2) is 0 Å². The van der Waals surface area contributed by atoms with E-state index >= 15 is 0 Å². The Labute approximate surface area is 124 Å². The van der Waals surface area contributed by atoms with Gasteiger partial charge in [-0.3, -0.25) is 0 Å². The summed E-state index contributed by atoms with van der Waals surface area (Å²) in [7, 11) is 0. The molecule has 0 unspecified atom stereocenters. The van der Waals surface area contributed by atoms with Gasteiger partial charge < -0.3 is 0 Å². The van der Waals surface area contributed by atoms with Gasteiger partial charge in [0.15, 0.2) is 0 Å². The standard InChI is InChI=1S/C19H27N/c1-3-5-17-10-12-19(15-20,13-11-17)14-18-8-6-16(4-2)7-9-18/h6-9,17H,3-5,10-14H2,1-2H3. The average molecular weight is 269 g/mol. The van der Waals surface area contributed by atoms with Crippen molar-refractivity contribution in [3.8, 4) is 6.07 Å². The molecule has 1 aromatic rings. The fraction of sp³-hybridized carbons (Fsp3) is 0.632. The molecule has 0 heterocycles. The van der Waals surface area contributed by atoms with E-state index in [4.69, 9.17) is 0 Å². The van der Waals surface area contributed by atoms with Crippen LogP contribution in [0, 0.1) is 22.7 Å². The van der Waals surface area contributed by atoms with Crippen LogP contribution in [0.5, 0.6) is 0 Å². The predicted octanol–water partition coefficient (Wildman–Crippen LogP) is 5.29. The SMILES string of the molecule is CCCC1CCC(C#N)(Cc2ccc(CC)cc2)CC1. The Kier molecular flexibility index (Phi) is 5.24. The molecule has 0 spiro atoms. The molecule has 20 heavy (non-hydrogen) atoms. The van der Waals surface area contributed by atoms with Crippen LogP contribution < -0.4 is 0 Å². The van der Waals surface area contributed by atoms with Crippen molar-refractivity contribution in [3.05, 3.63) is 35.4 Å². The second-order valence-corrected chi connectivity index (χ2v) is 6.47. The topological polar surface area (TPSA) is 23.8 Å². The zero-order valence-corrected chi connectivity index (χ0v) is 13.0. The van der Waals surface area contributed by atoms with Gasteiger partial charge >= 0.3 is 0 Å². The molecule has 0 saturated heterocycles. The number of aryl methyl sites for hydroxylation is 1. The Morgan fingerprint density at radius 1 is 1.10 bits per heavy atom. The number of nitrogens with zero attached hydrogens (tertiary/aromatic N) is 1. The number of hydrogen-bond donors (Lipinski definition) is 0. The van der Waals surface area contributed by atoms with Gasteiger partial charge in [0.2, 0.25) is 0 Å². The lowest BCUT2D eigenvalue weighted by Gasteiger charge is -2.35. The van der Waals surface area contributed by atoms with Crippen LogP contribution in [0.25, 0.3) is 0 Å². The number of nitriles is 1. The molecule has 1 fully saturated rings. The van der Waals surface area contributed by atoms with Crippen molar-refractivity contribution in [2.45, 2.75) is 65.2 Å². The fourth-order valence-electron chi connectivity index (χ4n) is 3.54. The summed E-state index contributed by atoms with van der Waals surface area (Å²) >= 11 is 0. The highest BCUT2D eigenvalue weighted by molar-refractivity contribution is 5.25. The molecule has 0 aliphatic heterocycles. The van der Waals surface area contributed by atoms with Gasteiger partial charge in [-0.15, -0.1) is 0 Å². The van der Waals surface area contributed by atoms with Crippen molar-refractivity contribution in [1.29, 1.82) is 5.26 Å². The summed E-state index contributed by atoms with van der Waals surface area (Å²) in [4.78, 5) is 0. The average Bonchev–Trinajstić information content (AvgIpc) is 2.50. The fourth-order valence-corrected chi connectivity index (χ4v) is 3.54. The molecular weight excluding hydrogens is 242 g/mol. The highest BCUT2D eigenvalue weighted by atomic mass is 14.4. The van der Waals surface area contributed by atoms with Crippen LogP contribution in [0.1, 0.15) is 63.5 Å². The van der Waals surface area contributed by atoms with E-state index in [0.717, 1.165) is 31.6 Å². The van der Waals surface area contributed by atoms with Crippen LogP contribution in [0.15, 0.2) is 24.3 Å². The first-order valence-corrected chi connectivity index (χ1v) is 8.20. The highest BCUT2D eigenvalue weighted by Gasteiger charge is 2.35. The van der Waals surface area contributed by atoms with Gasteiger partial charge in [0.1, 0.15) is 0 Å². The van der Waals surface area contributed by atoms with E-state index in [2.05, 4.69) is 44.2 Å². The normalized spacial score (nSPS) is 26.1. The zero-order chi connectivity index (χ0) is 14.4. The Morgan fingerprint density at radius 3 is 2.20 bits per heavy atom. The summed E-state index contributed by atoms with van der Waals surface area (Å²) in [5.74, 6) is 0.865. The molecule has 0 bridgehead atoms. The molecule has 108 valence electrons. The maximum Gasteiger partial charge on any atom is 0.0693 e. The predicted molar refractivity (Wildman–Crippen MR) is 84.4 cm³/mol. The largest absolute Gasteiger partial charge is 0.198 e. The molecule has 1 saturated carbocycles. The van der Waals surface area contributed by atoms with E-state index in [9.17, 15) is 5.26 Å². The Morgan fingerprint density at radius 2 is 1.70 bits per heavy atom. The second kappa shape index (κ2) is 6.93. The van der Waals surface area contributed by atoms with Crippen molar-refractivity contribution in [1.82, 2.24) is 0 Å². The summed E-state index contributed by atoms with van der Waals surface area (Å²) in [5.41, 5.74) is 2.61. The van der Waals surface area contributed by atoms with E-state index in [1.165, 1.54) is 36.8 Å². The third-order valence-electron chi connectivity index (χ3n) is 4.97. The molecule has 0 atom stereocenters. The first-order chi connectivity index (χ1) is 9.71.